The first kappa shape index (κ1) is 14.7. The minimum absolute atomic E-state index is 0.0945. The molecule has 2 atom stereocenters. The van der Waals surface area contributed by atoms with Crippen molar-refractivity contribution in [2.45, 2.75) is 45.1 Å². The number of carbonyl (C=O) groups is 1. The van der Waals surface area contributed by atoms with Gasteiger partial charge in [-0.15, -0.1) is 10.2 Å². The number of nitrogens with one attached hydrogen (secondary N) is 2. The second kappa shape index (κ2) is 6.68. The quantitative estimate of drug-likeness (QED) is 0.884. The molecule has 0 bridgehead atoms. The number of rotatable bonds is 5. The predicted molar refractivity (Wildman–Crippen MR) is 81.9 cm³/mol. The molecule has 0 spiro atoms. The van der Waals surface area contributed by atoms with Crippen molar-refractivity contribution in [3.05, 3.63) is 41.2 Å². The van der Waals surface area contributed by atoms with E-state index in [2.05, 4.69) is 51.1 Å². The lowest BCUT2D eigenvalue weighted by molar-refractivity contribution is -0.122. The van der Waals surface area contributed by atoms with Crippen LogP contribution in [0.25, 0.3) is 0 Å². The van der Waals surface area contributed by atoms with Crippen molar-refractivity contribution in [1.29, 1.82) is 0 Å². The van der Waals surface area contributed by atoms with Crippen molar-refractivity contribution >= 4 is 5.91 Å². The second-order valence-corrected chi connectivity index (χ2v) is 5.94. The van der Waals surface area contributed by atoms with E-state index in [9.17, 15) is 4.79 Å². The van der Waals surface area contributed by atoms with E-state index < -0.39 is 0 Å². The zero-order valence-corrected chi connectivity index (χ0v) is 12.7. The Morgan fingerprint density at radius 2 is 2.27 bits per heavy atom. The zero-order valence-electron chi connectivity index (χ0n) is 12.7. The fourth-order valence-corrected chi connectivity index (χ4v) is 3.08. The maximum absolute atomic E-state index is 12.2. The van der Waals surface area contributed by atoms with Gasteiger partial charge in [0.15, 0.2) is 5.82 Å². The van der Waals surface area contributed by atoms with Crippen molar-refractivity contribution in [1.82, 2.24) is 25.9 Å². The molecule has 2 unspecified atom stereocenters. The van der Waals surface area contributed by atoms with Gasteiger partial charge in [0.25, 0.3) is 0 Å². The molecule has 1 aliphatic carbocycles. The summed E-state index contributed by atoms with van der Waals surface area (Å²) in [5, 5.41) is 16.9. The van der Waals surface area contributed by atoms with Crippen LogP contribution in [0.2, 0.25) is 0 Å². The number of nitrogens with zero attached hydrogens (tertiary/aromatic N) is 3. The Morgan fingerprint density at radius 1 is 1.41 bits per heavy atom. The van der Waals surface area contributed by atoms with Crippen LogP contribution < -0.4 is 5.32 Å². The Morgan fingerprint density at radius 3 is 3.09 bits per heavy atom. The van der Waals surface area contributed by atoms with Gasteiger partial charge in [-0.3, -0.25) is 4.79 Å². The third kappa shape index (κ3) is 3.32. The number of amides is 1. The van der Waals surface area contributed by atoms with Gasteiger partial charge in [-0.05, 0) is 36.3 Å². The van der Waals surface area contributed by atoms with E-state index in [0.717, 1.165) is 19.3 Å². The van der Waals surface area contributed by atoms with Gasteiger partial charge in [-0.1, -0.05) is 36.4 Å². The lowest BCUT2D eigenvalue weighted by Gasteiger charge is -2.32. The predicted octanol–water partition coefficient (Wildman–Crippen LogP) is 1.96. The first-order chi connectivity index (χ1) is 10.7. The number of H-pyrrole nitrogens is 1. The molecule has 0 saturated heterocycles. The standard InChI is InChI=1S/C16H21N5O/c1-11-9-10-12-5-2-3-6-13(12)16(11)17-15(22)8-4-7-14-18-20-21-19-14/h2-3,5-6,11,16H,4,7-10H2,1H3,(H,17,22)(H,18,19,20,21). The van der Waals surface area contributed by atoms with Crippen molar-refractivity contribution in [3.8, 4) is 0 Å². The van der Waals surface area contributed by atoms with Crippen LogP contribution in [0.1, 0.15) is 49.2 Å². The molecule has 1 aromatic heterocycles. The molecule has 1 amide bonds. The van der Waals surface area contributed by atoms with Crippen LogP contribution in [0.15, 0.2) is 24.3 Å². The Balaban J connectivity index is 1.56. The van der Waals surface area contributed by atoms with E-state index in [-0.39, 0.29) is 11.9 Å². The molecule has 22 heavy (non-hydrogen) atoms. The van der Waals surface area contributed by atoms with Crippen molar-refractivity contribution in [3.63, 3.8) is 0 Å². The molecule has 1 aliphatic rings. The summed E-state index contributed by atoms with van der Waals surface area (Å²) in [5.41, 5.74) is 2.63. The van der Waals surface area contributed by atoms with Crippen LogP contribution in [0.3, 0.4) is 0 Å². The molecule has 0 aliphatic heterocycles. The lowest BCUT2D eigenvalue weighted by Crippen LogP contribution is -2.35. The zero-order chi connectivity index (χ0) is 15.4. The van der Waals surface area contributed by atoms with Crippen molar-refractivity contribution in [2.75, 3.05) is 0 Å². The summed E-state index contributed by atoms with van der Waals surface area (Å²) in [5.74, 6) is 1.22. The molecular weight excluding hydrogens is 278 g/mol. The lowest BCUT2D eigenvalue weighted by atomic mass is 9.80. The van der Waals surface area contributed by atoms with Crippen LogP contribution in [-0.2, 0) is 17.6 Å². The van der Waals surface area contributed by atoms with Crippen LogP contribution >= 0.6 is 0 Å². The largest absolute Gasteiger partial charge is 0.349 e. The number of aryl methyl sites for hydroxylation is 2. The maximum Gasteiger partial charge on any atom is 0.220 e. The molecule has 116 valence electrons. The SMILES string of the molecule is CC1CCc2ccccc2C1NC(=O)CCCc1nn[nH]n1. The highest BCUT2D eigenvalue weighted by molar-refractivity contribution is 5.76. The molecular formula is C16H21N5O. The van der Waals surface area contributed by atoms with E-state index in [0.29, 0.717) is 24.6 Å². The number of aromatic amines is 1. The van der Waals surface area contributed by atoms with Gasteiger partial charge in [-0.2, -0.15) is 5.21 Å². The summed E-state index contributed by atoms with van der Waals surface area (Å²) in [6.45, 7) is 2.21. The van der Waals surface area contributed by atoms with Crippen molar-refractivity contribution in [2.24, 2.45) is 5.92 Å². The number of fused-ring (bicyclic) bond motifs is 1. The number of carbonyl (C=O) groups excluding carboxylic acids is 1. The Hall–Kier alpha value is -2.24. The summed E-state index contributed by atoms with van der Waals surface area (Å²) in [6, 6.07) is 8.54. The molecule has 6 nitrogen and oxygen atoms in total. The smallest absolute Gasteiger partial charge is 0.220 e. The molecule has 1 aromatic carbocycles. The van der Waals surface area contributed by atoms with Crippen LogP contribution in [0, 0.1) is 5.92 Å². The van der Waals surface area contributed by atoms with Crippen LogP contribution in [0.5, 0.6) is 0 Å². The molecule has 2 N–H and O–H groups in total. The van der Waals surface area contributed by atoms with Gasteiger partial charge in [0, 0.05) is 12.8 Å². The highest BCUT2D eigenvalue weighted by Gasteiger charge is 2.27. The summed E-state index contributed by atoms with van der Waals surface area (Å²) in [4.78, 5) is 12.2. The van der Waals surface area contributed by atoms with Gasteiger partial charge in [0.2, 0.25) is 5.91 Å². The van der Waals surface area contributed by atoms with Crippen LogP contribution in [-0.4, -0.2) is 26.5 Å². The Kier molecular flexibility index (Phi) is 4.46. The summed E-state index contributed by atoms with van der Waals surface area (Å²) in [6.07, 6.45) is 4.10. The molecule has 2 aromatic rings. The Bertz CT molecular complexity index is 625. The minimum atomic E-state index is 0.0945. The second-order valence-electron chi connectivity index (χ2n) is 5.94. The highest BCUT2D eigenvalue weighted by atomic mass is 16.1. The average molecular weight is 299 g/mol. The molecule has 0 saturated carbocycles. The summed E-state index contributed by atoms with van der Waals surface area (Å²) in [7, 11) is 0. The number of benzene rings is 1. The van der Waals surface area contributed by atoms with E-state index in [1.807, 2.05) is 6.07 Å². The fraction of sp³-hybridized carbons (Fsp3) is 0.500. The number of hydrogen-bond acceptors (Lipinski definition) is 4. The van der Waals surface area contributed by atoms with Crippen LogP contribution in [0.4, 0.5) is 0 Å². The third-order valence-corrected chi connectivity index (χ3v) is 4.34. The molecule has 1 heterocycles. The first-order valence-corrected chi connectivity index (χ1v) is 7.83. The number of hydrogen-bond donors (Lipinski definition) is 2. The number of tetrazole rings is 1. The Labute approximate surface area is 129 Å². The monoisotopic (exact) mass is 299 g/mol. The third-order valence-electron chi connectivity index (χ3n) is 4.34. The van der Waals surface area contributed by atoms with E-state index >= 15 is 0 Å². The number of aromatic nitrogens is 4. The normalized spacial score (nSPS) is 20.4. The molecule has 0 fully saturated rings. The first-order valence-electron chi connectivity index (χ1n) is 7.83. The average Bonchev–Trinajstić information content (AvgIpc) is 3.03. The van der Waals surface area contributed by atoms with Gasteiger partial charge < -0.3 is 5.32 Å². The molecule has 3 rings (SSSR count). The van der Waals surface area contributed by atoms with E-state index in [4.69, 9.17) is 0 Å². The summed E-state index contributed by atoms with van der Waals surface area (Å²) < 4.78 is 0. The molecule has 6 heteroatoms. The highest BCUT2D eigenvalue weighted by Crippen LogP contribution is 2.34. The molecule has 0 radical (unpaired) electrons. The summed E-state index contributed by atoms with van der Waals surface area (Å²) >= 11 is 0. The van der Waals surface area contributed by atoms with Gasteiger partial charge in [-0.25, -0.2) is 0 Å². The fourth-order valence-electron chi connectivity index (χ4n) is 3.08. The van der Waals surface area contributed by atoms with Crippen molar-refractivity contribution < 1.29 is 4.79 Å². The van der Waals surface area contributed by atoms with Gasteiger partial charge >= 0.3 is 0 Å². The minimum Gasteiger partial charge on any atom is -0.349 e. The van der Waals surface area contributed by atoms with Gasteiger partial charge in [0.1, 0.15) is 0 Å². The van der Waals surface area contributed by atoms with E-state index in [1.165, 1.54) is 11.1 Å². The topological polar surface area (TPSA) is 83.6 Å². The van der Waals surface area contributed by atoms with Gasteiger partial charge in [0.05, 0.1) is 6.04 Å². The van der Waals surface area contributed by atoms with E-state index in [1.54, 1.807) is 0 Å². The maximum atomic E-state index is 12.2.